The molecule has 0 spiro atoms. The van der Waals surface area contributed by atoms with E-state index in [1.54, 1.807) is 19.1 Å². The third kappa shape index (κ3) is 5.19. The molecule has 2 aliphatic carbocycles. The first-order chi connectivity index (χ1) is 16.2. The van der Waals surface area contributed by atoms with E-state index < -0.39 is 0 Å². The molecule has 0 aliphatic heterocycles. The van der Waals surface area contributed by atoms with Crippen LogP contribution in [0.5, 0.6) is 5.75 Å². The molecule has 34 heavy (non-hydrogen) atoms. The smallest absolute Gasteiger partial charge is 0.251 e. The number of phenols is 1. The molecule has 0 radical (unpaired) electrons. The molecule has 0 aromatic heterocycles. The Bertz CT molecular complexity index is 1100. The summed E-state index contributed by atoms with van der Waals surface area (Å²) in [5, 5.41) is 16.1. The van der Waals surface area contributed by atoms with Crippen molar-refractivity contribution in [3.05, 3.63) is 76.4 Å². The molecule has 1 fully saturated rings. The summed E-state index contributed by atoms with van der Waals surface area (Å²) >= 11 is 0. The fraction of sp³-hybridized carbons (Fsp3) is 0.448. The quantitative estimate of drug-likeness (QED) is 0.487. The van der Waals surface area contributed by atoms with E-state index in [9.17, 15) is 14.7 Å². The summed E-state index contributed by atoms with van der Waals surface area (Å²) < 4.78 is 0. The van der Waals surface area contributed by atoms with E-state index in [2.05, 4.69) is 43.2 Å². The maximum atomic E-state index is 13.0. The molecule has 5 nitrogen and oxygen atoms in total. The van der Waals surface area contributed by atoms with E-state index in [1.165, 1.54) is 22.8 Å². The maximum absolute atomic E-state index is 13.0. The zero-order chi connectivity index (χ0) is 24.4. The Kier molecular flexibility index (Phi) is 7.11. The van der Waals surface area contributed by atoms with Gasteiger partial charge in [0.15, 0.2) is 0 Å². The molecular formula is C29H36N2O3. The van der Waals surface area contributed by atoms with Gasteiger partial charge < -0.3 is 15.7 Å². The van der Waals surface area contributed by atoms with E-state index >= 15 is 0 Å². The lowest BCUT2D eigenvalue weighted by molar-refractivity contribution is -0.125. The molecule has 3 atom stereocenters. The van der Waals surface area contributed by atoms with Crippen LogP contribution in [-0.4, -0.2) is 16.9 Å². The van der Waals surface area contributed by atoms with Gasteiger partial charge >= 0.3 is 0 Å². The summed E-state index contributed by atoms with van der Waals surface area (Å²) in [6, 6.07) is 11.2. The van der Waals surface area contributed by atoms with Crippen molar-refractivity contribution in [1.82, 2.24) is 10.6 Å². The fourth-order valence-corrected chi connectivity index (χ4v) is 5.28. The van der Waals surface area contributed by atoms with Crippen LogP contribution in [0.3, 0.4) is 0 Å². The van der Waals surface area contributed by atoms with Gasteiger partial charge in [-0.2, -0.15) is 0 Å². The van der Waals surface area contributed by atoms with Crippen molar-refractivity contribution in [3.63, 3.8) is 0 Å². The molecule has 1 saturated carbocycles. The predicted molar refractivity (Wildman–Crippen MR) is 134 cm³/mol. The van der Waals surface area contributed by atoms with Crippen LogP contribution in [0.4, 0.5) is 0 Å². The van der Waals surface area contributed by atoms with E-state index in [0.717, 1.165) is 43.2 Å². The SMILES string of the molecule is C=C(C(C)C)[C@H]1CC[C@H](C(=O)NC2CCc3cc(CNC(=O)c4ccc(C)c(O)c4)ccc32)C1. The van der Waals surface area contributed by atoms with Crippen molar-refractivity contribution >= 4 is 11.8 Å². The van der Waals surface area contributed by atoms with Crippen LogP contribution in [0, 0.1) is 24.7 Å². The minimum atomic E-state index is -0.212. The highest BCUT2D eigenvalue weighted by atomic mass is 16.3. The van der Waals surface area contributed by atoms with E-state index in [4.69, 9.17) is 0 Å². The lowest BCUT2D eigenvalue weighted by Gasteiger charge is -2.19. The van der Waals surface area contributed by atoms with Gasteiger partial charge in [-0.05, 0) is 85.3 Å². The van der Waals surface area contributed by atoms with Gasteiger partial charge in [-0.25, -0.2) is 0 Å². The predicted octanol–water partition coefficient (Wildman–Crippen LogP) is 5.36. The zero-order valence-corrected chi connectivity index (χ0v) is 20.5. The first-order valence-corrected chi connectivity index (χ1v) is 12.4. The molecule has 5 heteroatoms. The summed E-state index contributed by atoms with van der Waals surface area (Å²) in [6.45, 7) is 10.8. The summed E-state index contributed by atoms with van der Waals surface area (Å²) in [6.07, 6.45) is 4.76. The molecule has 3 N–H and O–H groups in total. The number of aromatic hydroxyl groups is 1. The third-order valence-electron chi connectivity index (χ3n) is 7.60. The summed E-state index contributed by atoms with van der Waals surface area (Å²) in [4.78, 5) is 25.4. The van der Waals surface area contributed by atoms with Crippen molar-refractivity contribution in [2.45, 2.75) is 65.5 Å². The maximum Gasteiger partial charge on any atom is 0.251 e. The summed E-state index contributed by atoms with van der Waals surface area (Å²) in [5.74, 6) is 1.10. The van der Waals surface area contributed by atoms with Crippen molar-refractivity contribution in [1.29, 1.82) is 0 Å². The second-order valence-electron chi connectivity index (χ2n) is 10.3. The lowest BCUT2D eigenvalue weighted by atomic mass is 9.89. The molecule has 2 aromatic carbocycles. The Morgan fingerprint density at radius 2 is 1.85 bits per heavy atom. The van der Waals surface area contributed by atoms with Crippen LogP contribution < -0.4 is 10.6 Å². The Hall–Kier alpha value is -3.08. The largest absolute Gasteiger partial charge is 0.508 e. The monoisotopic (exact) mass is 460 g/mol. The number of amides is 2. The number of allylic oxidation sites excluding steroid dienone is 1. The molecule has 2 amide bonds. The number of benzene rings is 2. The van der Waals surface area contributed by atoms with E-state index in [-0.39, 0.29) is 29.5 Å². The number of carbonyl (C=O) groups is 2. The summed E-state index contributed by atoms with van der Waals surface area (Å²) in [7, 11) is 0. The number of nitrogens with one attached hydrogen (secondary N) is 2. The second-order valence-corrected chi connectivity index (χ2v) is 10.3. The second kappa shape index (κ2) is 10.0. The standard InChI is InChI=1S/C29H36N2O3/c1-17(2)19(4)21-8-9-23(14-21)29(34)31-26-12-10-22-13-20(6-11-25(22)26)16-30-28(33)24-7-5-18(3)27(32)15-24/h5-7,11,13,15,17,21,23,26,32H,4,8-10,12,14,16H2,1-3H3,(H,30,33)(H,31,34)/t21-,23-,26?/m0/s1. The Labute approximate surface area is 202 Å². The Balaban J connectivity index is 1.32. The number of fused-ring (bicyclic) bond motifs is 1. The number of rotatable bonds is 7. The Morgan fingerprint density at radius 1 is 1.09 bits per heavy atom. The highest BCUT2D eigenvalue weighted by molar-refractivity contribution is 5.94. The first-order valence-electron chi connectivity index (χ1n) is 12.4. The number of hydrogen-bond donors (Lipinski definition) is 3. The van der Waals surface area contributed by atoms with Gasteiger partial charge in [0, 0.05) is 18.0 Å². The van der Waals surface area contributed by atoms with E-state index in [0.29, 0.717) is 23.9 Å². The van der Waals surface area contributed by atoms with Gasteiger partial charge in [0.25, 0.3) is 5.91 Å². The van der Waals surface area contributed by atoms with Gasteiger partial charge in [-0.3, -0.25) is 9.59 Å². The number of aryl methyl sites for hydroxylation is 2. The van der Waals surface area contributed by atoms with Gasteiger partial charge in [-0.1, -0.05) is 50.3 Å². The first kappa shape index (κ1) is 24.1. The molecule has 1 unspecified atom stereocenters. The highest BCUT2D eigenvalue weighted by Crippen LogP contribution is 2.39. The molecule has 2 aromatic rings. The van der Waals surface area contributed by atoms with Crippen LogP contribution in [-0.2, 0) is 17.8 Å². The number of carbonyl (C=O) groups excluding carboxylic acids is 2. The molecule has 4 rings (SSSR count). The van der Waals surface area contributed by atoms with Crippen molar-refractivity contribution in [3.8, 4) is 5.75 Å². The Morgan fingerprint density at radius 3 is 2.59 bits per heavy atom. The normalized spacial score (nSPS) is 21.4. The van der Waals surface area contributed by atoms with E-state index in [1.807, 2.05) is 6.07 Å². The van der Waals surface area contributed by atoms with Gasteiger partial charge in [-0.15, -0.1) is 0 Å². The molecule has 0 saturated heterocycles. The highest BCUT2D eigenvalue weighted by Gasteiger charge is 2.34. The van der Waals surface area contributed by atoms with Crippen LogP contribution >= 0.6 is 0 Å². The number of hydrogen-bond acceptors (Lipinski definition) is 3. The summed E-state index contributed by atoms with van der Waals surface area (Å²) in [5.41, 5.74) is 5.92. The molecule has 2 aliphatic rings. The molecule has 180 valence electrons. The van der Waals surface area contributed by atoms with Gasteiger partial charge in [0.1, 0.15) is 5.75 Å². The number of phenolic OH excluding ortho intramolecular Hbond substituents is 1. The van der Waals surface area contributed by atoms with Crippen molar-refractivity contribution < 1.29 is 14.7 Å². The van der Waals surface area contributed by atoms with Crippen LogP contribution in [0.25, 0.3) is 0 Å². The third-order valence-corrected chi connectivity index (χ3v) is 7.60. The topological polar surface area (TPSA) is 78.4 Å². The fourth-order valence-electron chi connectivity index (χ4n) is 5.28. The lowest BCUT2D eigenvalue weighted by Crippen LogP contribution is -2.32. The minimum absolute atomic E-state index is 0.0639. The average Bonchev–Trinajstić information content (AvgIpc) is 3.46. The van der Waals surface area contributed by atoms with Gasteiger partial charge in [0.05, 0.1) is 6.04 Å². The molecule has 0 heterocycles. The van der Waals surface area contributed by atoms with Crippen LogP contribution in [0.15, 0.2) is 48.6 Å². The zero-order valence-electron chi connectivity index (χ0n) is 20.5. The molecule has 0 bridgehead atoms. The average molecular weight is 461 g/mol. The molecular weight excluding hydrogens is 424 g/mol. The van der Waals surface area contributed by atoms with Crippen molar-refractivity contribution in [2.75, 3.05) is 0 Å². The van der Waals surface area contributed by atoms with Gasteiger partial charge in [0.2, 0.25) is 5.91 Å². The minimum Gasteiger partial charge on any atom is -0.508 e. The van der Waals surface area contributed by atoms with Crippen LogP contribution in [0.2, 0.25) is 0 Å². The van der Waals surface area contributed by atoms with Crippen LogP contribution in [0.1, 0.15) is 78.2 Å². The van der Waals surface area contributed by atoms with Crippen molar-refractivity contribution in [2.24, 2.45) is 17.8 Å².